The van der Waals surface area contributed by atoms with Gasteiger partial charge in [-0.2, -0.15) is 0 Å². The Hall–Kier alpha value is -2.48. The van der Waals surface area contributed by atoms with Gasteiger partial charge in [-0.25, -0.2) is 4.98 Å². The molecule has 0 saturated carbocycles. The third-order valence-corrected chi connectivity index (χ3v) is 6.42. The number of hydrogen-bond acceptors (Lipinski definition) is 6. The Morgan fingerprint density at radius 2 is 1.66 bits per heavy atom. The van der Waals surface area contributed by atoms with Crippen molar-refractivity contribution in [1.29, 1.82) is 0 Å². The molecule has 1 unspecified atom stereocenters. The summed E-state index contributed by atoms with van der Waals surface area (Å²) in [5.74, 6) is 1.81. The molecule has 1 aliphatic rings. The summed E-state index contributed by atoms with van der Waals surface area (Å²) in [6, 6.07) is 7.83. The number of benzene rings is 1. The summed E-state index contributed by atoms with van der Waals surface area (Å²) in [6.07, 6.45) is 7.99. The van der Waals surface area contributed by atoms with Crippen LogP contribution >= 0.6 is 0 Å². The third-order valence-electron chi connectivity index (χ3n) is 6.42. The number of aromatic nitrogens is 2. The molecule has 0 amide bonds. The molecule has 1 aromatic heterocycles. The van der Waals surface area contributed by atoms with Crippen LogP contribution in [0.15, 0.2) is 29.1 Å². The summed E-state index contributed by atoms with van der Waals surface area (Å²) in [7, 11) is 10.6. The summed E-state index contributed by atoms with van der Waals surface area (Å²) >= 11 is 0. The van der Waals surface area contributed by atoms with Crippen molar-refractivity contribution in [3.05, 3.63) is 51.0 Å². The van der Waals surface area contributed by atoms with Crippen LogP contribution in [0, 0.1) is 0 Å². The summed E-state index contributed by atoms with van der Waals surface area (Å²) in [5, 5.41) is 1.56. The van der Waals surface area contributed by atoms with E-state index >= 15 is 0 Å². The van der Waals surface area contributed by atoms with Gasteiger partial charge >= 0.3 is 0 Å². The summed E-state index contributed by atoms with van der Waals surface area (Å²) < 4.78 is 7.49. The molecule has 1 heterocycles. The third kappa shape index (κ3) is 7.50. The van der Waals surface area contributed by atoms with Crippen molar-refractivity contribution in [3.8, 4) is 11.4 Å². The zero-order valence-electron chi connectivity index (χ0n) is 22.5. The lowest BCUT2D eigenvalue weighted by Gasteiger charge is -2.27. The van der Waals surface area contributed by atoms with Crippen LogP contribution in [0.1, 0.15) is 44.3 Å². The molecule has 7 heteroatoms. The van der Waals surface area contributed by atoms with Gasteiger partial charge in [-0.05, 0) is 98.7 Å². The van der Waals surface area contributed by atoms with E-state index in [1.807, 2.05) is 41.8 Å². The van der Waals surface area contributed by atoms with Crippen LogP contribution in [0.25, 0.3) is 17.8 Å². The van der Waals surface area contributed by atoms with E-state index in [-0.39, 0.29) is 11.5 Å². The molecule has 1 aliphatic carbocycles. The van der Waals surface area contributed by atoms with E-state index in [1.54, 1.807) is 0 Å². The average Bonchev–Trinajstić information content (AvgIpc) is 2.83. The van der Waals surface area contributed by atoms with Crippen molar-refractivity contribution < 1.29 is 4.74 Å². The van der Waals surface area contributed by atoms with E-state index in [0.29, 0.717) is 6.61 Å². The van der Waals surface area contributed by atoms with Gasteiger partial charge in [0, 0.05) is 25.6 Å². The first-order chi connectivity index (χ1) is 16.8. The molecule has 0 bridgehead atoms. The zero-order valence-corrected chi connectivity index (χ0v) is 22.5. The van der Waals surface area contributed by atoms with Crippen molar-refractivity contribution in [3.63, 3.8) is 0 Å². The minimum Gasteiger partial charge on any atom is -0.494 e. The maximum Gasteiger partial charge on any atom is 0.265 e. The molecule has 35 heavy (non-hydrogen) atoms. The van der Waals surface area contributed by atoms with Gasteiger partial charge in [-0.3, -0.25) is 9.36 Å². The second-order valence-electron chi connectivity index (χ2n) is 10.0. The maximum absolute atomic E-state index is 13.8. The van der Waals surface area contributed by atoms with Crippen molar-refractivity contribution in [2.75, 3.05) is 68.0 Å². The van der Waals surface area contributed by atoms with Gasteiger partial charge in [-0.15, -0.1) is 0 Å². The molecule has 0 saturated heterocycles. The van der Waals surface area contributed by atoms with Crippen LogP contribution in [-0.2, 0) is 0 Å². The highest BCUT2D eigenvalue weighted by Crippen LogP contribution is 2.23. The Bertz CT molecular complexity index is 1120. The quantitative estimate of drug-likeness (QED) is 0.436. The number of nitrogens with zero attached hydrogens (tertiary/aromatic N) is 5. The minimum atomic E-state index is 0.0265. The first-order valence-corrected chi connectivity index (χ1v) is 12.8. The molecule has 1 atom stereocenters. The van der Waals surface area contributed by atoms with Crippen LogP contribution in [-0.4, -0.2) is 92.3 Å². The van der Waals surface area contributed by atoms with E-state index < -0.39 is 0 Å². The topological polar surface area (TPSA) is 53.8 Å². The molecule has 0 aliphatic heterocycles. The largest absolute Gasteiger partial charge is 0.494 e. The van der Waals surface area contributed by atoms with Crippen molar-refractivity contribution in [1.82, 2.24) is 24.3 Å². The molecule has 7 nitrogen and oxygen atoms in total. The van der Waals surface area contributed by atoms with Crippen LogP contribution < -0.4 is 20.9 Å². The van der Waals surface area contributed by atoms with Crippen molar-refractivity contribution in [2.45, 2.75) is 38.5 Å². The first kappa shape index (κ1) is 27.1. The Labute approximate surface area is 210 Å². The van der Waals surface area contributed by atoms with Gasteiger partial charge in [0.1, 0.15) is 11.6 Å². The fourth-order valence-electron chi connectivity index (χ4n) is 4.54. The lowest BCUT2D eigenvalue weighted by Crippen LogP contribution is -2.49. The van der Waals surface area contributed by atoms with Gasteiger partial charge in [0.25, 0.3) is 5.56 Å². The number of fused-ring (bicyclic) bond motifs is 1. The molecule has 0 radical (unpaired) electrons. The minimum absolute atomic E-state index is 0.0265. The van der Waals surface area contributed by atoms with E-state index in [4.69, 9.17) is 9.72 Å². The van der Waals surface area contributed by atoms with Crippen molar-refractivity contribution in [2.24, 2.45) is 0 Å². The Kier molecular flexibility index (Phi) is 10.1. The lowest BCUT2D eigenvalue weighted by molar-refractivity contribution is 0.256. The van der Waals surface area contributed by atoms with Crippen LogP contribution in [0.5, 0.6) is 5.75 Å². The highest BCUT2D eigenvalue weighted by Gasteiger charge is 2.22. The first-order valence-electron chi connectivity index (χ1n) is 12.8. The lowest BCUT2D eigenvalue weighted by atomic mass is 10.00. The van der Waals surface area contributed by atoms with Gasteiger partial charge in [0.05, 0.1) is 22.9 Å². The van der Waals surface area contributed by atoms with E-state index in [9.17, 15) is 4.79 Å². The summed E-state index contributed by atoms with van der Waals surface area (Å²) in [6.45, 7) is 6.41. The SMILES string of the molecule is CCOc1ccc(-n2c(C(CCCN(C)C)CN(C)CCN(C)C)nc3c(c2=O)=CCCC=3)cc1. The molecule has 3 rings (SSSR count). The number of likely N-dealkylation sites (N-methyl/N-ethyl adjacent to an activating group) is 2. The number of ether oxygens (including phenoxy) is 1. The molecule has 0 spiro atoms. The maximum atomic E-state index is 13.8. The number of hydrogen-bond donors (Lipinski definition) is 0. The van der Waals surface area contributed by atoms with Crippen LogP contribution in [0.4, 0.5) is 0 Å². The van der Waals surface area contributed by atoms with Gasteiger partial charge in [0.2, 0.25) is 0 Å². The van der Waals surface area contributed by atoms with Crippen molar-refractivity contribution >= 4 is 12.2 Å². The molecule has 2 aromatic rings. The fourth-order valence-corrected chi connectivity index (χ4v) is 4.54. The Morgan fingerprint density at radius 1 is 0.971 bits per heavy atom. The highest BCUT2D eigenvalue weighted by molar-refractivity contribution is 5.41. The normalized spacial score (nSPS) is 14.1. The molecule has 192 valence electrons. The monoisotopic (exact) mass is 481 g/mol. The second kappa shape index (κ2) is 13.0. The fraction of sp³-hybridized carbons (Fsp3) is 0.571. The number of rotatable bonds is 13. The average molecular weight is 482 g/mol. The molecular weight excluding hydrogens is 438 g/mol. The van der Waals surface area contributed by atoms with Crippen LogP contribution in [0.2, 0.25) is 0 Å². The predicted molar refractivity (Wildman–Crippen MR) is 145 cm³/mol. The molecule has 0 N–H and O–H groups in total. The Morgan fingerprint density at radius 3 is 2.31 bits per heavy atom. The molecule has 1 aromatic carbocycles. The second-order valence-corrected chi connectivity index (χ2v) is 10.0. The van der Waals surface area contributed by atoms with Gasteiger partial charge < -0.3 is 19.4 Å². The zero-order chi connectivity index (χ0) is 25.4. The standard InChI is InChI=1S/C28H43N5O2/c1-7-35-24-16-14-23(15-17-24)33-27(29-26-13-9-8-12-25(26)28(33)34)22(11-10-18-30(2)3)21-32(6)20-19-31(4)5/h12-17,22H,7-11,18-21H2,1-6H3. The molecular formula is C28H43N5O2. The summed E-state index contributed by atoms with van der Waals surface area (Å²) in [5.41, 5.74) is 0.870. The van der Waals surface area contributed by atoms with Gasteiger partial charge in [-0.1, -0.05) is 12.2 Å². The predicted octanol–water partition coefficient (Wildman–Crippen LogP) is 1.90. The van der Waals surface area contributed by atoms with Gasteiger partial charge in [0.15, 0.2) is 0 Å². The smallest absolute Gasteiger partial charge is 0.265 e. The van der Waals surface area contributed by atoms with E-state index in [2.05, 4.69) is 56.0 Å². The summed E-state index contributed by atoms with van der Waals surface area (Å²) in [4.78, 5) is 25.8. The van der Waals surface area contributed by atoms with Crippen LogP contribution in [0.3, 0.4) is 0 Å². The van der Waals surface area contributed by atoms with E-state index in [1.165, 1.54) is 0 Å². The van der Waals surface area contributed by atoms with E-state index in [0.717, 1.165) is 79.7 Å². The highest BCUT2D eigenvalue weighted by atomic mass is 16.5. The molecule has 0 fully saturated rings. The Balaban J connectivity index is 2.09.